The summed E-state index contributed by atoms with van der Waals surface area (Å²) in [7, 11) is 0. The van der Waals surface area contributed by atoms with E-state index < -0.39 is 5.91 Å². The molecular weight excluding hydrogens is 304 g/mol. The molecule has 0 bridgehead atoms. The number of hydrogen-bond donors (Lipinski definition) is 1. The van der Waals surface area contributed by atoms with Crippen molar-refractivity contribution >= 4 is 23.6 Å². The number of hydrogen-bond acceptors (Lipinski definition) is 6. The molecule has 1 aromatic heterocycles. The van der Waals surface area contributed by atoms with Crippen LogP contribution >= 0.6 is 11.8 Å². The molecule has 2 N–H and O–H groups in total. The molecule has 22 heavy (non-hydrogen) atoms. The van der Waals surface area contributed by atoms with Crippen LogP contribution in [0.5, 0.6) is 0 Å². The predicted molar refractivity (Wildman–Crippen MR) is 82.4 cm³/mol. The number of aromatic nitrogens is 3. The zero-order chi connectivity index (χ0) is 15.9. The summed E-state index contributed by atoms with van der Waals surface area (Å²) < 4.78 is 7.00. The highest BCUT2D eigenvalue weighted by atomic mass is 32.2. The second-order valence-corrected chi connectivity index (χ2v) is 6.24. The molecular formula is C14H22N4O3S. The molecule has 1 fully saturated rings. The topological polar surface area (TPSA) is 100 Å². The highest BCUT2D eigenvalue weighted by Gasteiger charge is 2.24. The van der Waals surface area contributed by atoms with Crippen molar-refractivity contribution in [3.63, 3.8) is 0 Å². The third kappa shape index (κ3) is 4.46. The van der Waals surface area contributed by atoms with E-state index in [1.807, 2.05) is 4.57 Å². The summed E-state index contributed by atoms with van der Waals surface area (Å²) in [5.74, 6) is 0.0652. The summed E-state index contributed by atoms with van der Waals surface area (Å²) in [6.07, 6.45) is 5.73. The Kier molecular flexibility index (Phi) is 6.23. The molecule has 1 heterocycles. The number of nitrogens with zero attached hydrogens (tertiary/aromatic N) is 3. The lowest BCUT2D eigenvalue weighted by atomic mass is 9.95. The van der Waals surface area contributed by atoms with Gasteiger partial charge in [-0.2, -0.15) is 0 Å². The Morgan fingerprint density at radius 1 is 1.32 bits per heavy atom. The van der Waals surface area contributed by atoms with Gasteiger partial charge in [-0.05, 0) is 19.8 Å². The van der Waals surface area contributed by atoms with Crippen molar-refractivity contribution < 1.29 is 14.3 Å². The van der Waals surface area contributed by atoms with Gasteiger partial charge in [0.05, 0.1) is 12.4 Å². The van der Waals surface area contributed by atoms with Gasteiger partial charge < -0.3 is 15.0 Å². The van der Waals surface area contributed by atoms with E-state index in [0.717, 1.165) is 25.7 Å². The van der Waals surface area contributed by atoms with Crippen LogP contribution in [-0.4, -0.2) is 39.0 Å². The van der Waals surface area contributed by atoms with Gasteiger partial charge in [-0.3, -0.25) is 9.59 Å². The number of thioether (sulfide) groups is 1. The summed E-state index contributed by atoms with van der Waals surface area (Å²) in [5, 5.41) is 8.92. The molecule has 0 saturated heterocycles. The minimum absolute atomic E-state index is 0.106. The van der Waals surface area contributed by atoms with E-state index in [0.29, 0.717) is 17.6 Å². The number of nitrogens with two attached hydrogens (primary N) is 1. The van der Waals surface area contributed by atoms with Crippen LogP contribution in [0, 0.1) is 0 Å². The molecule has 1 aromatic rings. The standard InChI is InChI=1S/C14H22N4O3S/c1-2-21-13(20)8-12-16-17-14(22-9-11(15)19)18(12)10-6-4-3-5-7-10/h10H,2-9H2,1H3,(H2,15,19). The molecule has 0 unspecified atom stereocenters. The molecule has 0 aromatic carbocycles. The van der Waals surface area contributed by atoms with E-state index in [9.17, 15) is 9.59 Å². The highest BCUT2D eigenvalue weighted by molar-refractivity contribution is 7.99. The third-order valence-corrected chi connectivity index (χ3v) is 4.59. The van der Waals surface area contributed by atoms with Crippen molar-refractivity contribution in [2.75, 3.05) is 12.4 Å². The molecule has 8 heteroatoms. The van der Waals surface area contributed by atoms with Crippen molar-refractivity contribution in [3.05, 3.63) is 5.82 Å². The van der Waals surface area contributed by atoms with Crippen LogP contribution in [0.2, 0.25) is 0 Å². The number of esters is 1. The summed E-state index contributed by atoms with van der Waals surface area (Å²) in [5.41, 5.74) is 5.20. The average Bonchev–Trinajstić information content (AvgIpc) is 2.89. The first kappa shape index (κ1) is 16.8. The van der Waals surface area contributed by atoms with Gasteiger partial charge >= 0.3 is 5.97 Å². The van der Waals surface area contributed by atoms with E-state index in [-0.39, 0.29) is 24.2 Å². The number of amides is 1. The Morgan fingerprint density at radius 2 is 2.05 bits per heavy atom. The fourth-order valence-corrected chi connectivity index (χ4v) is 3.47. The molecule has 1 aliphatic carbocycles. The molecule has 1 amide bonds. The van der Waals surface area contributed by atoms with E-state index in [1.165, 1.54) is 18.2 Å². The molecule has 1 aliphatic rings. The lowest BCUT2D eigenvalue weighted by Crippen LogP contribution is -2.20. The predicted octanol–water partition coefficient (Wildman–Crippen LogP) is 1.47. The van der Waals surface area contributed by atoms with Crippen LogP contribution in [0.1, 0.15) is 50.9 Å². The quantitative estimate of drug-likeness (QED) is 0.601. The molecule has 1 saturated carbocycles. The Labute approximate surface area is 134 Å². The molecule has 0 atom stereocenters. The van der Waals surface area contributed by atoms with Crippen LogP contribution in [0.25, 0.3) is 0 Å². The zero-order valence-corrected chi connectivity index (χ0v) is 13.6. The van der Waals surface area contributed by atoms with Crippen LogP contribution in [0.4, 0.5) is 0 Å². The van der Waals surface area contributed by atoms with Gasteiger partial charge in [-0.1, -0.05) is 31.0 Å². The molecule has 122 valence electrons. The number of carbonyl (C=O) groups is 2. The van der Waals surface area contributed by atoms with Gasteiger partial charge in [-0.15, -0.1) is 10.2 Å². The molecule has 7 nitrogen and oxygen atoms in total. The molecule has 0 spiro atoms. The Morgan fingerprint density at radius 3 is 2.68 bits per heavy atom. The van der Waals surface area contributed by atoms with Crippen molar-refractivity contribution in [3.8, 4) is 0 Å². The summed E-state index contributed by atoms with van der Waals surface area (Å²) >= 11 is 1.27. The zero-order valence-electron chi connectivity index (χ0n) is 12.8. The minimum atomic E-state index is -0.393. The normalized spacial score (nSPS) is 15.7. The SMILES string of the molecule is CCOC(=O)Cc1nnc(SCC(N)=O)n1C1CCCCC1. The maximum Gasteiger partial charge on any atom is 0.313 e. The maximum absolute atomic E-state index is 11.7. The monoisotopic (exact) mass is 326 g/mol. The largest absolute Gasteiger partial charge is 0.466 e. The lowest BCUT2D eigenvalue weighted by molar-refractivity contribution is -0.142. The summed E-state index contributed by atoms with van der Waals surface area (Å²) in [4.78, 5) is 22.7. The maximum atomic E-state index is 11.7. The molecule has 0 aliphatic heterocycles. The van der Waals surface area contributed by atoms with E-state index >= 15 is 0 Å². The number of rotatable bonds is 7. The third-order valence-electron chi connectivity index (χ3n) is 3.63. The summed E-state index contributed by atoms with van der Waals surface area (Å²) in [6.45, 7) is 2.12. The highest BCUT2D eigenvalue weighted by Crippen LogP contribution is 2.32. The number of primary amides is 1. The van der Waals surface area contributed by atoms with Crippen molar-refractivity contribution in [2.24, 2.45) is 5.73 Å². The van der Waals surface area contributed by atoms with Crippen molar-refractivity contribution in [1.82, 2.24) is 14.8 Å². The fourth-order valence-electron chi connectivity index (χ4n) is 2.71. The molecule has 2 rings (SSSR count). The first-order valence-corrected chi connectivity index (χ1v) is 8.61. The van der Waals surface area contributed by atoms with Crippen LogP contribution in [0.15, 0.2) is 5.16 Å². The van der Waals surface area contributed by atoms with Crippen LogP contribution < -0.4 is 5.73 Å². The average molecular weight is 326 g/mol. The smallest absolute Gasteiger partial charge is 0.313 e. The van der Waals surface area contributed by atoms with Crippen LogP contribution in [0.3, 0.4) is 0 Å². The van der Waals surface area contributed by atoms with Gasteiger partial charge in [0.25, 0.3) is 0 Å². The van der Waals surface area contributed by atoms with Gasteiger partial charge in [0.2, 0.25) is 5.91 Å². The second kappa shape index (κ2) is 8.17. The van der Waals surface area contributed by atoms with E-state index in [4.69, 9.17) is 10.5 Å². The first-order valence-electron chi connectivity index (χ1n) is 7.62. The van der Waals surface area contributed by atoms with Gasteiger partial charge in [0.15, 0.2) is 5.16 Å². The number of carbonyl (C=O) groups excluding carboxylic acids is 2. The number of ether oxygens (including phenoxy) is 1. The van der Waals surface area contributed by atoms with Gasteiger partial charge in [-0.25, -0.2) is 0 Å². The van der Waals surface area contributed by atoms with Crippen LogP contribution in [-0.2, 0) is 20.7 Å². The Balaban J connectivity index is 2.19. The van der Waals surface area contributed by atoms with Gasteiger partial charge in [0.1, 0.15) is 12.2 Å². The fraction of sp³-hybridized carbons (Fsp3) is 0.714. The Bertz CT molecular complexity index is 526. The van der Waals surface area contributed by atoms with E-state index in [1.54, 1.807) is 6.92 Å². The van der Waals surface area contributed by atoms with Gasteiger partial charge in [0, 0.05) is 6.04 Å². The van der Waals surface area contributed by atoms with Crippen molar-refractivity contribution in [2.45, 2.75) is 56.6 Å². The minimum Gasteiger partial charge on any atom is -0.466 e. The van der Waals surface area contributed by atoms with E-state index in [2.05, 4.69) is 10.2 Å². The Hall–Kier alpha value is -1.57. The summed E-state index contributed by atoms with van der Waals surface area (Å²) in [6, 6.07) is 0.281. The lowest BCUT2D eigenvalue weighted by Gasteiger charge is -2.25. The molecule has 0 radical (unpaired) electrons. The van der Waals surface area contributed by atoms with Crippen molar-refractivity contribution in [1.29, 1.82) is 0 Å². The second-order valence-electron chi connectivity index (χ2n) is 5.30. The first-order chi connectivity index (χ1) is 10.6.